The number of anilines is 3. The number of hydrogen-bond donors (Lipinski definition) is 3. The van der Waals surface area contributed by atoms with E-state index in [1.165, 1.54) is 0 Å². The van der Waals surface area contributed by atoms with Crippen LogP contribution in [-0.4, -0.2) is 44.1 Å². The van der Waals surface area contributed by atoms with Gasteiger partial charge in [0.1, 0.15) is 11.6 Å². The Balaban J connectivity index is 1.38. The minimum Gasteiger partial charge on any atom is -0.497 e. The van der Waals surface area contributed by atoms with Gasteiger partial charge in [-0.05, 0) is 49.3 Å². The number of rotatable bonds is 6. The molecule has 3 N–H and O–H groups in total. The summed E-state index contributed by atoms with van der Waals surface area (Å²) in [7, 11) is 1.65. The number of thiophene rings is 1. The fourth-order valence-corrected chi connectivity index (χ4v) is 4.63. The Bertz CT molecular complexity index is 1180. The highest BCUT2D eigenvalue weighted by molar-refractivity contribution is 7.17. The third-order valence-corrected chi connectivity index (χ3v) is 6.41. The molecule has 1 aliphatic carbocycles. The van der Waals surface area contributed by atoms with Crippen molar-refractivity contribution >= 4 is 39.0 Å². The summed E-state index contributed by atoms with van der Waals surface area (Å²) in [5, 5.41) is 23.1. The quantitative estimate of drug-likeness (QED) is 0.413. The minimum atomic E-state index is -0.177. The predicted octanol–water partition coefficient (Wildman–Crippen LogP) is 4.34. The van der Waals surface area contributed by atoms with Crippen LogP contribution in [-0.2, 0) is 0 Å². The molecular formula is C22H24N6O2S. The molecule has 160 valence electrons. The van der Waals surface area contributed by atoms with E-state index in [0.717, 1.165) is 58.8 Å². The second-order valence-corrected chi connectivity index (χ2v) is 8.60. The molecular weight excluding hydrogens is 412 g/mol. The highest BCUT2D eigenvalue weighted by Gasteiger charge is 2.21. The number of hydrogen-bond acceptors (Lipinski definition) is 8. The van der Waals surface area contributed by atoms with Crippen LogP contribution in [0.3, 0.4) is 0 Å². The first-order valence-corrected chi connectivity index (χ1v) is 11.2. The number of aliphatic hydroxyl groups is 1. The van der Waals surface area contributed by atoms with Crippen molar-refractivity contribution < 1.29 is 9.84 Å². The monoisotopic (exact) mass is 436 g/mol. The van der Waals surface area contributed by atoms with Crippen molar-refractivity contribution in [3.8, 4) is 11.4 Å². The van der Waals surface area contributed by atoms with Crippen LogP contribution in [0.2, 0.25) is 0 Å². The third-order valence-electron chi connectivity index (χ3n) is 5.50. The van der Waals surface area contributed by atoms with Gasteiger partial charge >= 0.3 is 0 Å². The molecule has 0 bridgehead atoms. The molecule has 0 unspecified atom stereocenters. The van der Waals surface area contributed by atoms with E-state index in [2.05, 4.69) is 20.7 Å². The fourth-order valence-electron chi connectivity index (χ4n) is 3.84. The van der Waals surface area contributed by atoms with E-state index < -0.39 is 0 Å². The first-order valence-electron chi connectivity index (χ1n) is 10.3. The summed E-state index contributed by atoms with van der Waals surface area (Å²) in [4.78, 5) is 9.41. The lowest BCUT2D eigenvalue weighted by Gasteiger charge is -2.26. The maximum absolute atomic E-state index is 9.78. The highest BCUT2D eigenvalue weighted by atomic mass is 32.1. The molecule has 1 aromatic carbocycles. The average Bonchev–Trinajstić information content (AvgIpc) is 3.45. The summed E-state index contributed by atoms with van der Waals surface area (Å²) in [6.45, 7) is 0. The first-order chi connectivity index (χ1) is 15.2. The van der Waals surface area contributed by atoms with Crippen molar-refractivity contribution in [3.63, 3.8) is 0 Å². The summed E-state index contributed by atoms with van der Waals surface area (Å²) in [6, 6.07) is 10.0. The number of fused-ring (bicyclic) bond motifs is 1. The molecule has 3 heterocycles. The Kier molecular flexibility index (Phi) is 5.44. The van der Waals surface area contributed by atoms with E-state index in [1.54, 1.807) is 29.3 Å². The fraction of sp³-hybridized carbons (Fsp3) is 0.318. The van der Waals surface area contributed by atoms with Crippen molar-refractivity contribution in [2.24, 2.45) is 0 Å². The van der Waals surface area contributed by atoms with E-state index in [1.807, 2.05) is 41.9 Å². The van der Waals surface area contributed by atoms with Crippen LogP contribution in [0.5, 0.6) is 5.75 Å². The van der Waals surface area contributed by atoms with Gasteiger partial charge in [-0.25, -0.2) is 9.67 Å². The number of aliphatic hydroxyl groups excluding tert-OH is 1. The SMILES string of the molecule is COc1cccc(-n2cc(Nc3nc(NC4CCC(O)CC4)c4sccc4n3)cn2)c1. The van der Waals surface area contributed by atoms with Crippen LogP contribution in [0, 0.1) is 0 Å². The molecule has 0 amide bonds. The average molecular weight is 437 g/mol. The van der Waals surface area contributed by atoms with Crippen LogP contribution in [0.1, 0.15) is 25.7 Å². The van der Waals surface area contributed by atoms with Crippen molar-refractivity contribution in [2.45, 2.75) is 37.8 Å². The smallest absolute Gasteiger partial charge is 0.229 e. The zero-order valence-electron chi connectivity index (χ0n) is 17.2. The highest BCUT2D eigenvalue weighted by Crippen LogP contribution is 2.31. The Morgan fingerprint density at radius 1 is 1.16 bits per heavy atom. The summed E-state index contributed by atoms with van der Waals surface area (Å²) in [5.41, 5.74) is 2.61. The molecule has 0 atom stereocenters. The van der Waals surface area contributed by atoms with Crippen molar-refractivity contribution in [2.75, 3.05) is 17.7 Å². The molecule has 0 spiro atoms. The van der Waals surface area contributed by atoms with Crippen LogP contribution >= 0.6 is 11.3 Å². The molecule has 5 rings (SSSR count). The molecule has 0 saturated heterocycles. The van der Waals surface area contributed by atoms with Crippen LogP contribution < -0.4 is 15.4 Å². The number of ether oxygens (including phenoxy) is 1. The third kappa shape index (κ3) is 4.33. The first kappa shape index (κ1) is 19.8. The van der Waals surface area contributed by atoms with Gasteiger partial charge in [0.15, 0.2) is 0 Å². The van der Waals surface area contributed by atoms with Gasteiger partial charge < -0.3 is 20.5 Å². The normalized spacial score (nSPS) is 18.8. The molecule has 1 saturated carbocycles. The van der Waals surface area contributed by atoms with Crippen LogP contribution in [0.4, 0.5) is 17.5 Å². The van der Waals surface area contributed by atoms with E-state index in [9.17, 15) is 5.11 Å². The van der Waals surface area contributed by atoms with Gasteiger partial charge in [-0.15, -0.1) is 11.3 Å². The van der Waals surface area contributed by atoms with Gasteiger partial charge in [0.2, 0.25) is 5.95 Å². The molecule has 1 aliphatic rings. The topological polar surface area (TPSA) is 97.1 Å². The molecule has 9 heteroatoms. The molecule has 3 aromatic heterocycles. The molecule has 31 heavy (non-hydrogen) atoms. The standard InChI is InChI=1S/C22H24N6O2S/c1-30-18-4-2-3-16(11-18)28-13-15(12-23-28)25-22-26-19-9-10-31-20(19)21(27-22)24-14-5-7-17(29)8-6-14/h2-4,9-14,17,29H,5-8H2,1H3,(H2,24,25,26,27). The minimum absolute atomic E-state index is 0.177. The lowest BCUT2D eigenvalue weighted by atomic mass is 9.93. The zero-order chi connectivity index (χ0) is 21.2. The van der Waals surface area contributed by atoms with Crippen LogP contribution in [0.15, 0.2) is 48.1 Å². The van der Waals surface area contributed by atoms with Gasteiger partial charge in [-0.3, -0.25) is 0 Å². The summed E-state index contributed by atoms with van der Waals surface area (Å²) in [6.07, 6.45) is 6.99. The summed E-state index contributed by atoms with van der Waals surface area (Å²) < 4.78 is 8.12. The zero-order valence-corrected chi connectivity index (χ0v) is 18.0. The number of aromatic nitrogens is 4. The van der Waals surface area contributed by atoms with E-state index in [4.69, 9.17) is 9.72 Å². The number of nitrogens with zero attached hydrogens (tertiary/aromatic N) is 4. The molecule has 0 aliphatic heterocycles. The Morgan fingerprint density at radius 2 is 2.03 bits per heavy atom. The van der Waals surface area contributed by atoms with Gasteiger partial charge in [0, 0.05) is 12.1 Å². The predicted molar refractivity (Wildman–Crippen MR) is 123 cm³/mol. The van der Waals surface area contributed by atoms with Gasteiger partial charge in [0.05, 0.1) is 47.2 Å². The maximum Gasteiger partial charge on any atom is 0.229 e. The van der Waals surface area contributed by atoms with Crippen LogP contribution in [0.25, 0.3) is 15.9 Å². The number of benzene rings is 1. The van der Waals surface area contributed by atoms with Gasteiger partial charge in [0.25, 0.3) is 0 Å². The van der Waals surface area contributed by atoms with E-state index >= 15 is 0 Å². The Morgan fingerprint density at radius 3 is 2.87 bits per heavy atom. The number of methoxy groups -OCH3 is 1. The molecule has 8 nitrogen and oxygen atoms in total. The summed E-state index contributed by atoms with van der Waals surface area (Å²) >= 11 is 1.63. The number of nitrogens with one attached hydrogen (secondary N) is 2. The summed E-state index contributed by atoms with van der Waals surface area (Å²) in [5.74, 6) is 2.14. The second kappa shape index (κ2) is 8.52. The molecule has 4 aromatic rings. The van der Waals surface area contributed by atoms with E-state index in [-0.39, 0.29) is 6.10 Å². The Labute approximate surface area is 183 Å². The Hall–Kier alpha value is -3.17. The van der Waals surface area contributed by atoms with E-state index in [0.29, 0.717) is 12.0 Å². The van der Waals surface area contributed by atoms with Gasteiger partial charge in [-0.2, -0.15) is 10.1 Å². The lowest BCUT2D eigenvalue weighted by molar-refractivity contribution is 0.126. The van der Waals surface area contributed by atoms with Crippen molar-refractivity contribution in [1.82, 2.24) is 19.7 Å². The van der Waals surface area contributed by atoms with Crippen molar-refractivity contribution in [1.29, 1.82) is 0 Å². The molecule has 1 fully saturated rings. The largest absolute Gasteiger partial charge is 0.497 e. The van der Waals surface area contributed by atoms with Gasteiger partial charge in [-0.1, -0.05) is 6.07 Å². The second-order valence-electron chi connectivity index (χ2n) is 7.68. The maximum atomic E-state index is 9.78. The van der Waals surface area contributed by atoms with Crippen molar-refractivity contribution in [3.05, 3.63) is 48.1 Å². The lowest BCUT2D eigenvalue weighted by Crippen LogP contribution is -2.28. The molecule has 0 radical (unpaired) electrons.